The van der Waals surface area contributed by atoms with E-state index in [0.717, 1.165) is 38.9 Å². The molecule has 0 aromatic carbocycles. The number of carbonyl (C=O) groups excluding carboxylic acids is 2. The van der Waals surface area contributed by atoms with Gasteiger partial charge < -0.3 is 10.6 Å². The maximum absolute atomic E-state index is 11.8. The van der Waals surface area contributed by atoms with Crippen LogP contribution in [0.15, 0.2) is 0 Å². The quantitative estimate of drug-likeness (QED) is 0.676. The molecule has 3 amide bonds. The van der Waals surface area contributed by atoms with Crippen LogP contribution >= 0.6 is 12.4 Å². The van der Waals surface area contributed by atoms with Crippen LogP contribution in [0.5, 0.6) is 0 Å². The molecule has 0 aliphatic carbocycles. The number of nitrogens with one attached hydrogen (secondary N) is 3. The van der Waals surface area contributed by atoms with Gasteiger partial charge >= 0.3 is 6.03 Å². The van der Waals surface area contributed by atoms with E-state index in [-0.39, 0.29) is 18.3 Å². The number of halogens is 1. The van der Waals surface area contributed by atoms with E-state index in [1.165, 1.54) is 0 Å². The zero-order valence-electron chi connectivity index (χ0n) is 12.4. The second kappa shape index (κ2) is 10.9. The molecule has 0 aromatic heterocycles. The molecule has 0 spiro atoms. The standard InChI is InChI=1S/C13H26N4O2.ClH/c1-3-9-17(11-5-7-14-8-6-11)10-12(18)16-13(19)15-4-2;/h11,14H,3-10H2,1-2H3,(H2,15,16,18,19);1H. The van der Waals surface area contributed by atoms with Gasteiger partial charge in [-0.1, -0.05) is 6.92 Å². The van der Waals surface area contributed by atoms with Crippen LogP contribution in [0.2, 0.25) is 0 Å². The van der Waals surface area contributed by atoms with E-state index in [0.29, 0.717) is 19.1 Å². The molecule has 1 heterocycles. The lowest BCUT2D eigenvalue weighted by molar-refractivity contribution is -0.121. The van der Waals surface area contributed by atoms with Gasteiger partial charge in [0.25, 0.3) is 0 Å². The smallest absolute Gasteiger partial charge is 0.321 e. The maximum atomic E-state index is 11.8. The van der Waals surface area contributed by atoms with Crippen molar-refractivity contribution in [2.75, 3.05) is 32.7 Å². The van der Waals surface area contributed by atoms with Crippen LogP contribution in [0.25, 0.3) is 0 Å². The Balaban J connectivity index is 0.00000361. The summed E-state index contributed by atoms with van der Waals surface area (Å²) in [4.78, 5) is 25.3. The van der Waals surface area contributed by atoms with Crippen molar-refractivity contribution in [3.05, 3.63) is 0 Å². The summed E-state index contributed by atoms with van der Waals surface area (Å²) in [5.41, 5.74) is 0. The minimum absolute atomic E-state index is 0. The zero-order valence-corrected chi connectivity index (χ0v) is 13.2. The fourth-order valence-electron chi connectivity index (χ4n) is 2.41. The molecule has 0 saturated carbocycles. The summed E-state index contributed by atoms with van der Waals surface area (Å²) in [6.45, 7) is 7.65. The molecule has 6 nitrogen and oxygen atoms in total. The normalized spacial score (nSPS) is 15.6. The summed E-state index contributed by atoms with van der Waals surface area (Å²) < 4.78 is 0. The van der Waals surface area contributed by atoms with Gasteiger partial charge in [-0.15, -0.1) is 12.4 Å². The second-order valence-electron chi connectivity index (χ2n) is 4.86. The summed E-state index contributed by atoms with van der Waals surface area (Å²) in [6.07, 6.45) is 3.14. The zero-order chi connectivity index (χ0) is 14.1. The highest BCUT2D eigenvalue weighted by atomic mass is 35.5. The molecule has 7 heteroatoms. The highest BCUT2D eigenvalue weighted by Crippen LogP contribution is 2.11. The molecule has 0 radical (unpaired) electrons. The van der Waals surface area contributed by atoms with E-state index in [1.807, 2.05) is 6.92 Å². The highest BCUT2D eigenvalue weighted by molar-refractivity contribution is 5.95. The van der Waals surface area contributed by atoms with Crippen LogP contribution in [0.3, 0.4) is 0 Å². The summed E-state index contributed by atoms with van der Waals surface area (Å²) in [5, 5.41) is 8.25. The van der Waals surface area contributed by atoms with Gasteiger partial charge in [-0.2, -0.15) is 0 Å². The van der Waals surface area contributed by atoms with Crippen LogP contribution in [0, 0.1) is 0 Å². The topological polar surface area (TPSA) is 73.5 Å². The molecule has 0 atom stereocenters. The van der Waals surface area contributed by atoms with Crippen molar-refractivity contribution in [2.45, 2.75) is 39.2 Å². The number of carbonyl (C=O) groups is 2. The number of urea groups is 1. The van der Waals surface area contributed by atoms with Crippen molar-refractivity contribution >= 4 is 24.3 Å². The molecular weight excluding hydrogens is 280 g/mol. The Morgan fingerprint density at radius 1 is 1.25 bits per heavy atom. The van der Waals surface area contributed by atoms with Crippen molar-refractivity contribution in [2.24, 2.45) is 0 Å². The lowest BCUT2D eigenvalue weighted by Crippen LogP contribution is -2.49. The van der Waals surface area contributed by atoms with Gasteiger partial charge in [0.15, 0.2) is 0 Å². The summed E-state index contributed by atoms with van der Waals surface area (Å²) in [6, 6.07) is 0.0374. The minimum atomic E-state index is -0.408. The average molecular weight is 307 g/mol. The number of piperidine rings is 1. The third-order valence-corrected chi connectivity index (χ3v) is 3.27. The van der Waals surface area contributed by atoms with Gasteiger partial charge in [0.2, 0.25) is 5.91 Å². The summed E-state index contributed by atoms with van der Waals surface area (Å²) in [7, 11) is 0. The first-order chi connectivity index (χ1) is 9.17. The highest BCUT2D eigenvalue weighted by Gasteiger charge is 2.22. The predicted molar refractivity (Wildman–Crippen MR) is 82.2 cm³/mol. The first kappa shape index (κ1) is 19.1. The molecule has 0 aromatic rings. The van der Waals surface area contributed by atoms with Crippen molar-refractivity contribution in [3.8, 4) is 0 Å². The predicted octanol–water partition coefficient (Wildman–Crippen LogP) is 0.718. The average Bonchev–Trinajstić information content (AvgIpc) is 2.39. The first-order valence-electron chi connectivity index (χ1n) is 7.19. The Labute approximate surface area is 127 Å². The summed E-state index contributed by atoms with van der Waals surface area (Å²) in [5.74, 6) is -0.224. The first-order valence-corrected chi connectivity index (χ1v) is 7.19. The van der Waals surface area contributed by atoms with Crippen LogP contribution in [-0.4, -0.2) is 55.6 Å². The molecule has 118 valence electrons. The fraction of sp³-hybridized carbons (Fsp3) is 0.846. The van der Waals surface area contributed by atoms with E-state index >= 15 is 0 Å². The van der Waals surface area contributed by atoms with E-state index in [1.54, 1.807) is 0 Å². The Morgan fingerprint density at radius 3 is 2.45 bits per heavy atom. The molecule has 3 N–H and O–H groups in total. The number of hydrogen-bond acceptors (Lipinski definition) is 4. The monoisotopic (exact) mass is 306 g/mol. The van der Waals surface area contributed by atoms with Crippen LogP contribution < -0.4 is 16.0 Å². The molecule has 20 heavy (non-hydrogen) atoms. The molecule has 1 aliphatic heterocycles. The molecular formula is C13H27ClN4O2. The van der Waals surface area contributed by atoms with Crippen LogP contribution in [0.1, 0.15) is 33.1 Å². The minimum Gasteiger partial charge on any atom is -0.338 e. The number of amides is 3. The Hall–Kier alpha value is -0.850. The number of imide groups is 1. The molecule has 0 unspecified atom stereocenters. The molecule has 1 rings (SSSR count). The number of rotatable bonds is 6. The molecule has 1 saturated heterocycles. The summed E-state index contributed by atoms with van der Waals surface area (Å²) >= 11 is 0. The van der Waals surface area contributed by atoms with Gasteiger partial charge in [0.1, 0.15) is 0 Å². The Morgan fingerprint density at radius 2 is 1.90 bits per heavy atom. The number of hydrogen-bond donors (Lipinski definition) is 3. The largest absolute Gasteiger partial charge is 0.338 e. The third-order valence-electron chi connectivity index (χ3n) is 3.27. The Bertz CT molecular complexity index is 296. The molecule has 1 fully saturated rings. The van der Waals surface area contributed by atoms with Crippen molar-refractivity contribution < 1.29 is 9.59 Å². The van der Waals surface area contributed by atoms with E-state index in [9.17, 15) is 9.59 Å². The third kappa shape index (κ3) is 7.07. The second-order valence-corrected chi connectivity index (χ2v) is 4.86. The van der Waals surface area contributed by atoms with E-state index < -0.39 is 6.03 Å². The lowest BCUT2D eigenvalue weighted by Gasteiger charge is -2.33. The maximum Gasteiger partial charge on any atom is 0.321 e. The van der Waals surface area contributed by atoms with Gasteiger partial charge in [0.05, 0.1) is 6.54 Å². The number of nitrogens with zero attached hydrogens (tertiary/aromatic N) is 1. The van der Waals surface area contributed by atoms with E-state index in [4.69, 9.17) is 0 Å². The van der Waals surface area contributed by atoms with Gasteiger partial charge in [0, 0.05) is 12.6 Å². The van der Waals surface area contributed by atoms with Gasteiger partial charge in [-0.25, -0.2) is 4.79 Å². The molecule has 1 aliphatic rings. The van der Waals surface area contributed by atoms with Crippen molar-refractivity contribution in [1.82, 2.24) is 20.9 Å². The van der Waals surface area contributed by atoms with E-state index in [2.05, 4.69) is 27.8 Å². The van der Waals surface area contributed by atoms with Gasteiger partial charge in [-0.05, 0) is 45.8 Å². The molecule has 0 bridgehead atoms. The fourth-order valence-corrected chi connectivity index (χ4v) is 2.41. The van der Waals surface area contributed by atoms with Gasteiger partial charge in [-0.3, -0.25) is 15.0 Å². The van der Waals surface area contributed by atoms with Crippen LogP contribution in [0.4, 0.5) is 4.79 Å². The SMILES string of the molecule is CCCN(CC(=O)NC(=O)NCC)C1CCNCC1.Cl. The van der Waals surface area contributed by atoms with Crippen LogP contribution in [-0.2, 0) is 4.79 Å². The van der Waals surface area contributed by atoms with Crippen molar-refractivity contribution in [1.29, 1.82) is 0 Å². The lowest BCUT2D eigenvalue weighted by atomic mass is 10.0. The Kier molecular flexibility index (Phi) is 10.4. The van der Waals surface area contributed by atoms with Crippen molar-refractivity contribution in [3.63, 3.8) is 0 Å².